The van der Waals surface area contributed by atoms with Gasteiger partial charge in [-0.3, -0.25) is 9.29 Å². The summed E-state index contributed by atoms with van der Waals surface area (Å²) in [5.41, 5.74) is 3.79. The highest BCUT2D eigenvalue weighted by molar-refractivity contribution is 7.90. The van der Waals surface area contributed by atoms with Crippen LogP contribution in [-0.4, -0.2) is 57.6 Å². The number of hydrogen-bond acceptors (Lipinski definition) is 6. The van der Waals surface area contributed by atoms with Crippen molar-refractivity contribution in [1.82, 2.24) is 4.90 Å². The van der Waals surface area contributed by atoms with E-state index in [1.807, 2.05) is 31.2 Å². The third-order valence-corrected chi connectivity index (χ3v) is 8.31. The lowest BCUT2D eigenvalue weighted by atomic mass is 9.86. The normalized spacial score (nSPS) is 18.1. The molecule has 0 radical (unpaired) electrons. The highest BCUT2D eigenvalue weighted by Crippen LogP contribution is 2.48. The van der Waals surface area contributed by atoms with Crippen molar-refractivity contribution in [2.45, 2.75) is 17.9 Å². The van der Waals surface area contributed by atoms with Crippen LogP contribution >= 0.6 is 11.6 Å². The van der Waals surface area contributed by atoms with Crippen LogP contribution in [0.5, 0.6) is 17.2 Å². The first-order valence-corrected chi connectivity index (χ1v) is 14.6. The van der Waals surface area contributed by atoms with Gasteiger partial charge in [0.2, 0.25) is 0 Å². The largest absolute Gasteiger partial charge is 0.508 e. The molecule has 3 aromatic rings. The molecule has 0 aliphatic carbocycles. The molecule has 38 heavy (non-hydrogen) atoms. The summed E-state index contributed by atoms with van der Waals surface area (Å²) in [4.78, 5) is 2.28. The molecule has 9 heteroatoms. The van der Waals surface area contributed by atoms with Crippen LogP contribution in [0.15, 0.2) is 65.6 Å². The van der Waals surface area contributed by atoms with Crippen LogP contribution in [-0.2, 0) is 9.84 Å². The molecule has 0 amide bonds. The summed E-state index contributed by atoms with van der Waals surface area (Å²) in [5, 5.41) is 10.4. The lowest BCUT2D eigenvalue weighted by molar-refractivity contribution is 0.0668. The van der Waals surface area contributed by atoms with Gasteiger partial charge < -0.3 is 14.6 Å². The molecule has 2 aliphatic rings. The Balaban J connectivity index is 1.46. The fraction of sp³-hybridized carbons (Fsp3) is 0.310. The Hall–Kier alpha value is -3.07. The summed E-state index contributed by atoms with van der Waals surface area (Å²) >= 11 is 6.36. The molecular formula is C29H29ClFNO5S. The van der Waals surface area contributed by atoms with Gasteiger partial charge in [0, 0.05) is 48.0 Å². The van der Waals surface area contributed by atoms with Crippen LogP contribution in [0.3, 0.4) is 0 Å². The van der Waals surface area contributed by atoms with Crippen molar-refractivity contribution in [2.75, 3.05) is 39.2 Å². The Morgan fingerprint density at radius 2 is 1.84 bits per heavy atom. The first-order chi connectivity index (χ1) is 18.1. The Labute approximate surface area is 227 Å². The highest BCUT2D eigenvalue weighted by Gasteiger charge is 2.31. The van der Waals surface area contributed by atoms with Crippen molar-refractivity contribution in [3.8, 4) is 17.2 Å². The average Bonchev–Trinajstić information content (AvgIpc) is 2.85. The number of likely N-dealkylation sites (tertiary alicyclic amines) is 1. The maximum Gasteiger partial charge on any atom is 0.175 e. The van der Waals surface area contributed by atoms with Gasteiger partial charge in [0.05, 0.1) is 11.6 Å². The summed E-state index contributed by atoms with van der Waals surface area (Å²) in [7, 11) is -3.50. The minimum Gasteiger partial charge on any atom is -0.508 e. The maximum absolute atomic E-state index is 12.6. The Morgan fingerprint density at radius 3 is 2.53 bits per heavy atom. The van der Waals surface area contributed by atoms with Gasteiger partial charge >= 0.3 is 0 Å². The second-order valence-corrected chi connectivity index (χ2v) is 12.3. The van der Waals surface area contributed by atoms with E-state index >= 15 is 0 Å². The first-order valence-electron chi connectivity index (χ1n) is 12.4. The van der Waals surface area contributed by atoms with Crippen molar-refractivity contribution < 1.29 is 27.4 Å². The van der Waals surface area contributed by atoms with Crippen molar-refractivity contribution in [2.24, 2.45) is 5.92 Å². The van der Waals surface area contributed by atoms with Crippen LogP contribution in [0.2, 0.25) is 5.02 Å². The number of fused-ring (bicyclic) bond motifs is 1. The summed E-state index contributed by atoms with van der Waals surface area (Å²) in [5.74, 6) is 1.58. The second-order valence-electron chi connectivity index (χ2n) is 9.86. The van der Waals surface area contributed by atoms with Gasteiger partial charge in [0.25, 0.3) is 0 Å². The molecule has 3 aromatic carbocycles. The van der Waals surface area contributed by atoms with E-state index in [9.17, 15) is 17.9 Å². The molecule has 0 bridgehead atoms. The number of halogens is 2. The summed E-state index contributed by atoms with van der Waals surface area (Å²) in [6.07, 6.45) is 0.595. The third-order valence-electron chi connectivity index (χ3n) is 7.00. The van der Waals surface area contributed by atoms with Crippen molar-refractivity contribution >= 4 is 32.6 Å². The number of alkyl halides is 1. The lowest BCUT2D eigenvalue weighted by Gasteiger charge is -2.37. The number of sulfone groups is 1. The predicted molar refractivity (Wildman–Crippen MR) is 146 cm³/mol. The van der Waals surface area contributed by atoms with Gasteiger partial charge in [0.15, 0.2) is 9.84 Å². The van der Waals surface area contributed by atoms with Gasteiger partial charge in [-0.25, -0.2) is 8.42 Å². The molecule has 0 unspecified atom stereocenters. The first kappa shape index (κ1) is 26.5. The number of phenolic OH excluding ortho intramolecular Hbond substituents is 1. The molecular weight excluding hydrogens is 529 g/mol. The number of nitrogens with zero attached hydrogens (tertiary/aromatic N) is 1. The standard InChI is InChI=1S/C29H29ClFNO5S/c1-18-26-14-23(33)5-8-27(26)37-29(28(18)21-11-22(30)13-25(12-21)38(2,34)35)20-3-6-24(7-4-20)36-10-9-32-16-19(15-31)17-32/h3-8,11-14,19,29,33H,9-10,15-17H2,1-2H3/t29-/m0/s1. The smallest absolute Gasteiger partial charge is 0.175 e. The molecule has 1 saturated heterocycles. The van der Waals surface area contributed by atoms with Crippen molar-refractivity contribution in [3.63, 3.8) is 0 Å². The van der Waals surface area contributed by atoms with Gasteiger partial charge in [-0.2, -0.15) is 0 Å². The highest BCUT2D eigenvalue weighted by atomic mass is 35.5. The SMILES string of the molecule is CC1=C(c2cc(Cl)cc(S(C)(=O)=O)c2)[C@H](c2ccc(OCCN3CC(CF)C3)cc2)Oc2ccc(O)cc21. The van der Waals surface area contributed by atoms with E-state index in [1.54, 1.807) is 30.3 Å². The van der Waals surface area contributed by atoms with E-state index in [0.29, 0.717) is 28.7 Å². The minimum absolute atomic E-state index is 0.104. The van der Waals surface area contributed by atoms with Crippen LogP contribution in [0, 0.1) is 5.92 Å². The fourth-order valence-electron chi connectivity index (χ4n) is 4.96. The van der Waals surface area contributed by atoms with Gasteiger partial charge in [0.1, 0.15) is 30.0 Å². The number of rotatable bonds is 8. The Bertz CT molecular complexity index is 1480. The zero-order chi connectivity index (χ0) is 27.0. The molecule has 1 fully saturated rings. The number of aromatic hydroxyl groups is 1. The third kappa shape index (κ3) is 5.53. The maximum atomic E-state index is 12.6. The Kier molecular flexibility index (Phi) is 7.40. The molecule has 5 rings (SSSR count). The number of ether oxygens (including phenoxy) is 2. The topological polar surface area (TPSA) is 76.1 Å². The number of benzene rings is 3. The Morgan fingerprint density at radius 1 is 1.11 bits per heavy atom. The summed E-state index contributed by atoms with van der Waals surface area (Å²) in [6.45, 7) is 4.46. The fourth-order valence-corrected chi connectivity index (χ4v) is 5.95. The van der Waals surface area contributed by atoms with E-state index in [2.05, 4.69) is 4.90 Å². The van der Waals surface area contributed by atoms with E-state index in [1.165, 1.54) is 6.07 Å². The van der Waals surface area contributed by atoms with E-state index in [4.69, 9.17) is 21.1 Å². The van der Waals surface area contributed by atoms with Crippen LogP contribution < -0.4 is 9.47 Å². The number of hydrogen-bond donors (Lipinski definition) is 1. The van der Waals surface area contributed by atoms with Crippen molar-refractivity contribution in [3.05, 3.63) is 82.4 Å². The molecule has 1 N–H and O–H groups in total. The average molecular weight is 558 g/mol. The predicted octanol–water partition coefficient (Wildman–Crippen LogP) is 5.79. The molecule has 2 heterocycles. The van der Waals surface area contributed by atoms with E-state index in [0.717, 1.165) is 48.2 Å². The van der Waals surface area contributed by atoms with Crippen LogP contribution in [0.4, 0.5) is 4.39 Å². The second kappa shape index (κ2) is 10.6. The van der Waals surface area contributed by atoms with Crippen molar-refractivity contribution in [1.29, 1.82) is 0 Å². The quantitative estimate of drug-likeness (QED) is 0.378. The number of allylic oxidation sites excluding steroid dienone is 1. The molecule has 200 valence electrons. The van der Waals surface area contributed by atoms with Crippen LogP contribution in [0.25, 0.3) is 11.1 Å². The molecule has 0 aromatic heterocycles. The van der Waals surface area contributed by atoms with Gasteiger partial charge in [-0.1, -0.05) is 23.7 Å². The summed E-state index contributed by atoms with van der Waals surface area (Å²) in [6, 6.07) is 17.3. The monoisotopic (exact) mass is 557 g/mol. The zero-order valence-corrected chi connectivity index (χ0v) is 22.7. The minimum atomic E-state index is -3.50. The molecule has 6 nitrogen and oxygen atoms in total. The number of phenols is 1. The van der Waals surface area contributed by atoms with E-state index in [-0.39, 0.29) is 23.2 Å². The zero-order valence-electron chi connectivity index (χ0n) is 21.2. The van der Waals surface area contributed by atoms with Crippen LogP contribution in [0.1, 0.15) is 29.7 Å². The molecule has 1 atom stereocenters. The van der Waals surface area contributed by atoms with E-state index < -0.39 is 15.9 Å². The lowest BCUT2D eigenvalue weighted by Crippen LogP contribution is -2.49. The van der Waals surface area contributed by atoms with Gasteiger partial charge in [-0.05, 0) is 72.2 Å². The molecule has 0 spiro atoms. The molecule has 0 saturated carbocycles. The van der Waals surface area contributed by atoms with Gasteiger partial charge in [-0.15, -0.1) is 0 Å². The summed E-state index contributed by atoms with van der Waals surface area (Å²) < 4.78 is 49.6. The molecule has 2 aliphatic heterocycles.